The second-order valence-corrected chi connectivity index (χ2v) is 2.34. The molecule has 0 aromatic heterocycles. The highest BCUT2D eigenvalue weighted by Gasteiger charge is 1.80. The monoisotopic (exact) mass is 222 g/mol. The van der Waals surface area contributed by atoms with Crippen LogP contribution >= 0.6 is 0 Å². The number of hydrogen-bond acceptors (Lipinski definition) is 3. The third-order valence-electron chi connectivity index (χ3n) is 1.19. The van der Waals surface area contributed by atoms with Crippen molar-refractivity contribution in [1.82, 2.24) is 0 Å². The minimum atomic E-state index is 1.01. The number of nitrogens with zero attached hydrogens (tertiary/aromatic N) is 1. The maximum absolute atomic E-state index is 6.31. The molecule has 3 nitrogen and oxygen atoms in total. The fourth-order valence-electron chi connectivity index (χ4n) is 0.320. The summed E-state index contributed by atoms with van der Waals surface area (Å²) in [6, 6.07) is 0. The van der Waals surface area contributed by atoms with E-state index in [1.807, 2.05) is 27.7 Å². The number of nitrogens with one attached hydrogen (secondary N) is 1. The zero-order chi connectivity index (χ0) is 13.2. The Morgan fingerprint density at radius 3 is 2.25 bits per heavy atom. The number of hydrogen-bond donors (Lipinski definition) is 1. The van der Waals surface area contributed by atoms with Crippen molar-refractivity contribution >= 4 is 20.3 Å². The Balaban J connectivity index is -0.000000205. The van der Waals surface area contributed by atoms with Crippen molar-refractivity contribution in [2.45, 2.75) is 41.0 Å². The van der Waals surface area contributed by atoms with Gasteiger partial charge in [-0.25, -0.2) is 0 Å². The summed E-state index contributed by atoms with van der Waals surface area (Å²) in [7, 11) is 4.81. The Bertz CT molecular complexity index is 211. The molecule has 0 aliphatic carbocycles. The molecule has 0 fully saturated rings. The third kappa shape index (κ3) is 29.3. The molecule has 0 amide bonds. The van der Waals surface area contributed by atoms with Crippen molar-refractivity contribution in [3.05, 3.63) is 23.9 Å². The Hall–Kier alpha value is -1.32. The summed E-state index contributed by atoms with van der Waals surface area (Å²) in [6.07, 6.45) is 6.85. The van der Waals surface area contributed by atoms with E-state index in [2.05, 4.69) is 12.1 Å². The van der Waals surface area contributed by atoms with Crippen LogP contribution in [0.4, 0.5) is 0 Å². The van der Waals surface area contributed by atoms with Gasteiger partial charge in [-0.05, 0) is 25.8 Å². The maximum atomic E-state index is 6.31. The predicted molar refractivity (Wildman–Crippen MR) is 74.3 cm³/mol. The van der Waals surface area contributed by atoms with Crippen LogP contribution in [0.15, 0.2) is 29.0 Å². The van der Waals surface area contributed by atoms with E-state index in [0.717, 1.165) is 12.6 Å². The Morgan fingerprint density at radius 1 is 1.44 bits per heavy atom. The van der Waals surface area contributed by atoms with E-state index >= 15 is 0 Å². The average Bonchev–Trinajstić information content (AvgIpc) is 2.33. The zero-order valence-electron chi connectivity index (χ0n) is 11.0. The lowest BCUT2D eigenvalue weighted by atomic mass is 10.1. The highest BCUT2D eigenvalue weighted by atomic mass is 16.6. The first-order valence-electron chi connectivity index (χ1n) is 5.39. The Kier molecular flexibility index (Phi) is 29.6. The van der Waals surface area contributed by atoms with Gasteiger partial charge in [-0.1, -0.05) is 32.0 Å². The summed E-state index contributed by atoms with van der Waals surface area (Å²) in [5.41, 5.74) is 1.20. The minimum Gasteiger partial charge on any atom is -0.365 e. The van der Waals surface area contributed by atoms with Gasteiger partial charge in [0.15, 0.2) is 0 Å². The molecule has 16 heavy (non-hydrogen) atoms. The second-order valence-electron chi connectivity index (χ2n) is 2.34. The number of allylic oxidation sites excluding steroid dienone is 2. The molecule has 0 saturated heterocycles. The quantitative estimate of drug-likeness (QED) is 0.335. The van der Waals surface area contributed by atoms with Gasteiger partial charge in [-0.3, -0.25) is 0 Å². The molecule has 1 N–H and O–H groups in total. The molecule has 4 heteroatoms. The van der Waals surface area contributed by atoms with Crippen LogP contribution in [0.3, 0.4) is 0 Å². The predicted octanol–water partition coefficient (Wildman–Crippen LogP) is 3.67. The van der Waals surface area contributed by atoms with Gasteiger partial charge in [0.1, 0.15) is 14.1 Å². The topological polar surface area (TPSA) is 45.4 Å². The van der Waals surface area contributed by atoms with E-state index in [1.165, 1.54) is 17.6 Å². The maximum Gasteiger partial charge on any atom is 0.121 e. The summed E-state index contributed by atoms with van der Waals surface area (Å²) >= 11 is 0. The van der Waals surface area contributed by atoms with Crippen LogP contribution in [0, 0.1) is 5.41 Å². The first kappa shape index (κ1) is 20.1. The highest BCUT2D eigenvalue weighted by Crippen LogP contribution is 1.97. The molecule has 0 unspecified atom stereocenters. The molecule has 0 saturated carbocycles. The summed E-state index contributed by atoms with van der Waals surface area (Å²) in [4.78, 5) is 4.74. The summed E-state index contributed by atoms with van der Waals surface area (Å²) < 4.78 is 0. The summed E-state index contributed by atoms with van der Waals surface area (Å²) in [5, 5.41) is 9.87. The Morgan fingerprint density at radius 2 is 2.00 bits per heavy atom. The fraction of sp³-hybridized carbons (Fsp3) is 0.500. The number of oxime groups is 1. The van der Waals surface area contributed by atoms with Crippen LogP contribution in [-0.2, 0) is 4.84 Å². The molecule has 0 aromatic carbocycles. The van der Waals surface area contributed by atoms with Crippen LogP contribution in [0.25, 0.3) is 0 Å². The van der Waals surface area contributed by atoms with Gasteiger partial charge in [0, 0.05) is 12.4 Å². The van der Waals surface area contributed by atoms with Crippen molar-refractivity contribution in [1.29, 1.82) is 5.41 Å². The molecular formula is C12H23BN2O. The lowest BCUT2D eigenvalue weighted by molar-refractivity contribution is 0.266. The van der Waals surface area contributed by atoms with Crippen LogP contribution in [0.1, 0.15) is 41.0 Å². The molecule has 0 atom stereocenters. The normalized spacial score (nSPS) is 10.2. The SMILES string of the molecule is C/C=N\OC=C(C)CC.CC.[B]/C=C\C=N. The second kappa shape index (κ2) is 23.5. The van der Waals surface area contributed by atoms with E-state index in [4.69, 9.17) is 18.1 Å². The molecule has 2 radical (unpaired) electrons. The molecule has 0 aliphatic heterocycles. The molecule has 90 valence electrons. The van der Waals surface area contributed by atoms with E-state index in [-0.39, 0.29) is 0 Å². The third-order valence-corrected chi connectivity index (χ3v) is 1.19. The van der Waals surface area contributed by atoms with Gasteiger partial charge in [0.25, 0.3) is 0 Å². The fourth-order valence-corrected chi connectivity index (χ4v) is 0.320. The molecule has 0 aromatic rings. The van der Waals surface area contributed by atoms with E-state index in [1.54, 1.807) is 12.5 Å². The van der Waals surface area contributed by atoms with E-state index < -0.39 is 0 Å². The van der Waals surface area contributed by atoms with Crippen molar-refractivity contribution in [2.75, 3.05) is 0 Å². The molecule has 0 spiro atoms. The first-order valence-corrected chi connectivity index (χ1v) is 5.39. The van der Waals surface area contributed by atoms with Crippen LogP contribution in [0.5, 0.6) is 0 Å². The highest BCUT2D eigenvalue weighted by molar-refractivity contribution is 6.18. The van der Waals surface area contributed by atoms with Crippen molar-refractivity contribution < 1.29 is 4.84 Å². The lowest BCUT2D eigenvalue weighted by Gasteiger charge is -1.90. The van der Waals surface area contributed by atoms with Crippen molar-refractivity contribution in [2.24, 2.45) is 5.16 Å². The standard InChI is InChI=1S/C7H13NO.C3H4BN.C2H6/c1-4-7(3)6-9-8-5-2;4-2-1-3-5;1-2/h5-6H,4H2,1-3H3;1-3,5H;1-2H3/b7-6?,8-5-;2-1-,5-3?;. The van der Waals surface area contributed by atoms with Gasteiger partial charge in [0.2, 0.25) is 0 Å². The molecule has 0 aliphatic rings. The largest absolute Gasteiger partial charge is 0.365 e. The minimum absolute atomic E-state index is 1.01. The van der Waals surface area contributed by atoms with Crippen LogP contribution < -0.4 is 0 Å². The van der Waals surface area contributed by atoms with Crippen molar-refractivity contribution in [3.63, 3.8) is 0 Å². The van der Waals surface area contributed by atoms with Gasteiger partial charge in [0.05, 0.1) is 0 Å². The summed E-state index contributed by atoms with van der Waals surface area (Å²) in [6.45, 7) is 9.89. The smallest absolute Gasteiger partial charge is 0.121 e. The average molecular weight is 222 g/mol. The first-order chi connectivity index (χ1) is 7.72. The zero-order valence-corrected chi connectivity index (χ0v) is 11.0. The van der Waals surface area contributed by atoms with E-state index in [0.29, 0.717) is 0 Å². The van der Waals surface area contributed by atoms with Gasteiger partial charge in [-0.2, -0.15) is 0 Å². The van der Waals surface area contributed by atoms with Gasteiger partial charge < -0.3 is 10.2 Å². The summed E-state index contributed by atoms with van der Waals surface area (Å²) in [5.74, 6) is 1.31. The lowest BCUT2D eigenvalue weighted by Crippen LogP contribution is -1.73. The molecule has 0 rings (SSSR count). The van der Waals surface area contributed by atoms with Gasteiger partial charge in [-0.15, -0.1) is 5.98 Å². The van der Waals surface area contributed by atoms with Gasteiger partial charge >= 0.3 is 0 Å². The van der Waals surface area contributed by atoms with E-state index in [9.17, 15) is 0 Å². The molecule has 0 bridgehead atoms. The molecule has 0 heterocycles. The molecular weight excluding hydrogens is 199 g/mol. The number of rotatable bonds is 4. The van der Waals surface area contributed by atoms with Crippen molar-refractivity contribution in [3.8, 4) is 0 Å². The Labute approximate surface area is 101 Å². The van der Waals surface area contributed by atoms with Crippen LogP contribution in [-0.4, -0.2) is 20.3 Å². The van der Waals surface area contributed by atoms with Crippen LogP contribution in [0.2, 0.25) is 0 Å².